The fourth-order valence-corrected chi connectivity index (χ4v) is 4.98. The van der Waals surface area contributed by atoms with Gasteiger partial charge in [0.2, 0.25) is 0 Å². The van der Waals surface area contributed by atoms with Gasteiger partial charge in [-0.05, 0) is 96.9 Å². The molecular weight excluding hydrogens is 357 g/mol. The summed E-state index contributed by atoms with van der Waals surface area (Å²) in [5.74, 6) is -0.288. The molecule has 0 saturated heterocycles. The first-order chi connectivity index (χ1) is 13.5. The predicted molar refractivity (Wildman–Crippen MR) is 109 cm³/mol. The Labute approximate surface area is 165 Å². The van der Waals surface area contributed by atoms with Crippen LogP contribution in [0.15, 0.2) is 30.3 Å². The molecule has 4 rings (SSSR count). The smallest absolute Gasteiger partial charge is 0.133 e. The molecule has 28 heavy (non-hydrogen) atoms. The maximum Gasteiger partial charge on any atom is 0.133 e. The van der Waals surface area contributed by atoms with Gasteiger partial charge in [-0.25, -0.2) is 13.2 Å². The highest BCUT2D eigenvalue weighted by Crippen LogP contribution is 2.40. The molecule has 0 N–H and O–H groups in total. The van der Waals surface area contributed by atoms with Gasteiger partial charge in [-0.15, -0.1) is 0 Å². The third-order valence-corrected chi connectivity index (χ3v) is 6.50. The second kappa shape index (κ2) is 8.14. The average Bonchev–Trinajstić information content (AvgIpc) is 2.68. The van der Waals surface area contributed by atoms with E-state index >= 15 is 0 Å². The molecule has 0 aliphatic heterocycles. The molecule has 3 heteroatoms. The van der Waals surface area contributed by atoms with E-state index in [9.17, 15) is 13.2 Å². The van der Waals surface area contributed by atoms with Crippen LogP contribution in [0, 0.1) is 23.4 Å². The van der Waals surface area contributed by atoms with Gasteiger partial charge < -0.3 is 0 Å². The fraction of sp³-hybridized carbons (Fsp3) is 0.440. The molecule has 0 spiro atoms. The molecule has 0 heterocycles. The zero-order chi connectivity index (χ0) is 19.7. The predicted octanol–water partition coefficient (Wildman–Crippen LogP) is 7.66. The van der Waals surface area contributed by atoms with Crippen molar-refractivity contribution in [3.63, 3.8) is 0 Å². The molecule has 2 aromatic rings. The van der Waals surface area contributed by atoms with Crippen LogP contribution < -0.4 is 0 Å². The van der Waals surface area contributed by atoms with E-state index < -0.39 is 11.6 Å². The summed E-state index contributed by atoms with van der Waals surface area (Å²) in [6.45, 7) is 2.21. The number of halogens is 3. The lowest BCUT2D eigenvalue weighted by Crippen LogP contribution is -2.14. The van der Waals surface area contributed by atoms with Crippen LogP contribution in [0.4, 0.5) is 13.2 Å². The second-order valence-corrected chi connectivity index (χ2v) is 8.38. The second-order valence-electron chi connectivity index (χ2n) is 8.38. The van der Waals surface area contributed by atoms with E-state index in [-0.39, 0.29) is 17.3 Å². The van der Waals surface area contributed by atoms with E-state index in [1.807, 2.05) is 0 Å². The standard InChI is InChI=1S/C25H27F3/c1-2-3-16-4-6-17(7-5-16)21-14-23(27)25(24(28)15-21)19-9-8-18-10-11-22(26)13-20(18)12-19/h10-17H,2-9H2,1H3. The number of aryl methyl sites for hydroxylation is 1. The van der Waals surface area contributed by atoms with Gasteiger partial charge in [-0.2, -0.15) is 0 Å². The van der Waals surface area contributed by atoms with Crippen LogP contribution in [0.3, 0.4) is 0 Å². The summed E-state index contributed by atoms with van der Waals surface area (Å²) in [6.07, 6.45) is 9.75. The lowest BCUT2D eigenvalue weighted by molar-refractivity contribution is 0.307. The quantitative estimate of drug-likeness (QED) is 0.507. The third kappa shape index (κ3) is 3.90. The molecule has 1 fully saturated rings. The number of hydrogen-bond donors (Lipinski definition) is 0. The molecule has 0 unspecified atom stereocenters. The molecule has 0 amide bonds. The normalized spacial score (nSPS) is 21.9. The summed E-state index contributed by atoms with van der Waals surface area (Å²) < 4.78 is 43.4. The summed E-state index contributed by atoms with van der Waals surface area (Å²) in [4.78, 5) is 0. The molecule has 0 nitrogen and oxygen atoms in total. The van der Waals surface area contributed by atoms with Crippen LogP contribution in [0.25, 0.3) is 11.6 Å². The summed E-state index contributed by atoms with van der Waals surface area (Å²) in [6, 6.07) is 7.69. The van der Waals surface area contributed by atoms with Crippen molar-refractivity contribution in [1.82, 2.24) is 0 Å². The third-order valence-electron chi connectivity index (χ3n) is 6.50. The molecule has 1 saturated carbocycles. The molecule has 148 valence electrons. The number of rotatable bonds is 4. The first-order valence-corrected chi connectivity index (χ1v) is 10.5. The van der Waals surface area contributed by atoms with Gasteiger partial charge in [0.05, 0.1) is 0 Å². The van der Waals surface area contributed by atoms with Crippen LogP contribution in [-0.2, 0) is 6.42 Å². The number of benzene rings is 2. The van der Waals surface area contributed by atoms with Crippen molar-refractivity contribution < 1.29 is 13.2 Å². The van der Waals surface area contributed by atoms with Gasteiger partial charge in [0.25, 0.3) is 0 Å². The largest absolute Gasteiger partial charge is 0.207 e. The van der Waals surface area contributed by atoms with Crippen LogP contribution >= 0.6 is 0 Å². The van der Waals surface area contributed by atoms with E-state index in [2.05, 4.69) is 6.92 Å². The van der Waals surface area contributed by atoms with Gasteiger partial charge in [0, 0.05) is 5.56 Å². The van der Waals surface area contributed by atoms with Crippen LogP contribution in [0.2, 0.25) is 0 Å². The van der Waals surface area contributed by atoms with Crippen molar-refractivity contribution in [3.05, 3.63) is 70.0 Å². The maximum absolute atomic E-state index is 14.9. The summed E-state index contributed by atoms with van der Waals surface area (Å²) >= 11 is 0. The highest BCUT2D eigenvalue weighted by Gasteiger charge is 2.25. The number of allylic oxidation sites excluding steroid dienone is 1. The highest BCUT2D eigenvalue weighted by atomic mass is 19.1. The van der Waals surface area contributed by atoms with E-state index in [1.165, 1.54) is 37.1 Å². The van der Waals surface area contributed by atoms with Crippen molar-refractivity contribution in [2.24, 2.45) is 5.92 Å². The van der Waals surface area contributed by atoms with E-state index in [4.69, 9.17) is 0 Å². The van der Waals surface area contributed by atoms with Crippen LogP contribution in [-0.4, -0.2) is 0 Å². The minimum absolute atomic E-state index is 0.0540. The summed E-state index contributed by atoms with van der Waals surface area (Å²) in [7, 11) is 0. The summed E-state index contributed by atoms with van der Waals surface area (Å²) in [5, 5.41) is 0. The van der Waals surface area contributed by atoms with Gasteiger partial charge >= 0.3 is 0 Å². The fourth-order valence-electron chi connectivity index (χ4n) is 4.98. The Morgan fingerprint density at radius 1 is 0.893 bits per heavy atom. The maximum atomic E-state index is 14.9. The highest BCUT2D eigenvalue weighted by molar-refractivity contribution is 5.85. The summed E-state index contributed by atoms with van der Waals surface area (Å²) in [5.41, 5.74) is 3.20. The average molecular weight is 384 g/mol. The van der Waals surface area contributed by atoms with Crippen LogP contribution in [0.5, 0.6) is 0 Å². The van der Waals surface area contributed by atoms with Crippen molar-refractivity contribution in [1.29, 1.82) is 0 Å². The number of hydrogen-bond acceptors (Lipinski definition) is 0. The Bertz CT molecular complexity index is 866. The Morgan fingerprint density at radius 2 is 1.61 bits per heavy atom. The Kier molecular flexibility index (Phi) is 5.61. The first-order valence-electron chi connectivity index (χ1n) is 10.5. The monoisotopic (exact) mass is 384 g/mol. The molecule has 0 atom stereocenters. The minimum atomic E-state index is -0.489. The Hall–Kier alpha value is -2.03. The van der Waals surface area contributed by atoms with Gasteiger partial charge in [0.1, 0.15) is 17.5 Å². The lowest BCUT2D eigenvalue weighted by Gasteiger charge is -2.29. The molecule has 0 bridgehead atoms. The molecule has 2 aliphatic rings. The van der Waals surface area contributed by atoms with E-state index in [1.54, 1.807) is 12.1 Å². The van der Waals surface area contributed by atoms with Crippen molar-refractivity contribution in [2.75, 3.05) is 0 Å². The zero-order valence-corrected chi connectivity index (χ0v) is 16.4. The topological polar surface area (TPSA) is 0 Å². The number of fused-ring (bicyclic) bond motifs is 1. The Morgan fingerprint density at radius 3 is 2.29 bits per heavy atom. The molecule has 2 aliphatic carbocycles. The molecular formula is C25H27F3. The lowest BCUT2D eigenvalue weighted by atomic mass is 9.77. The van der Waals surface area contributed by atoms with Crippen molar-refractivity contribution in [3.8, 4) is 0 Å². The van der Waals surface area contributed by atoms with Gasteiger partial charge in [-0.3, -0.25) is 0 Å². The van der Waals surface area contributed by atoms with Crippen LogP contribution in [0.1, 0.15) is 80.0 Å². The first kappa shape index (κ1) is 19.3. The van der Waals surface area contributed by atoms with Crippen molar-refractivity contribution in [2.45, 2.75) is 64.2 Å². The van der Waals surface area contributed by atoms with E-state index in [0.29, 0.717) is 18.4 Å². The molecule has 0 aromatic heterocycles. The SMILES string of the molecule is CCCC1CCC(c2cc(F)c(C3=Cc4cc(F)ccc4CC3)c(F)c2)CC1. The molecule has 0 radical (unpaired) electrons. The van der Waals surface area contributed by atoms with Crippen molar-refractivity contribution >= 4 is 11.6 Å². The zero-order valence-electron chi connectivity index (χ0n) is 16.4. The van der Waals surface area contributed by atoms with Gasteiger partial charge in [-0.1, -0.05) is 31.9 Å². The molecule has 2 aromatic carbocycles. The minimum Gasteiger partial charge on any atom is -0.207 e. The van der Waals surface area contributed by atoms with Gasteiger partial charge in [0.15, 0.2) is 0 Å². The Balaban J connectivity index is 1.59. The van der Waals surface area contributed by atoms with E-state index in [0.717, 1.165) is 48.3 Å².